The molecule has 1 heterocycles. The number of unbranched alkanes of at least 4 members (excludes halogenated alkanes) is 1. The first-order valence-corrected chi connectivity index (χ1v) is 6.87. The fourth-order valence-corrected chi connectivity index (χ4v) is 2.41. The minimum absolute atomic E-state index is 0.134. The number of carbonyl (C=O) groups is 1. The summed E-state index contributed by atoms with van der Waals surface area (Å²) in [5.74, 6) is 1.35. The van der Waals surface area contributed by atoms with Crippen LogP contribution in [0.2, 0.25) is 0 Å². The predicted molar refractivity (Wildman–Crippen MR) is 79.0 cm³/mol. The van der Waals surface area contributed by atoms with Crippen molar-refractivity contribution in [1.29, 1.82) is 0 Å². The van der Waals surface area contributed by atoms with Crippen molar-refractivity contribution in [1.82, 2.24) is 4.90 Å². The van der Waals surface area contributed by atoms with E-state index in [1.54, 1.807) is 24.1 Å². The smallest absolute Gasteiger partial charge is 0.264 e. The maximum atomic E-state index is 12.7. The van der Waals surface area contributed by atoms with Crippen molar-refractivity contribution in [3.63, 3.8) is 0 Å². The Morgan fingerprint density at radius 3 is 2.52 bits per heavy atom. The highest BCUT2D eigenvalue weighted by Crippen LogP contribution is 2.38. The van der Waals surface area contributed by atoms with Crippen LogP contribution in [0.25, 0.3) is 0 Å². The van der Waals surface area contributed by atoms with E-state index in [0.717, 1.165) is 12.8 Å². The lowest BCUT2D eigenvalue weighted by Crippen LogP contribution is -2.31. The summed E-state index contributed by atoms with van der Waals surface area (Å²) in [6.07, 6.45) is 1.88. The number of amides is 1. The molecule has 2 rings (SSSR count). The normalized spacial score (nSPS) is 15.3. The number of rotatable bonds is 6. The Balaban J connectivity index is 2.55. The van der Waals surface area contributed by atoms with Gasteiger partial charge in [0.1, 0.15) is 7.11 Å². The third kappa shape index (κ3) is 2.53. The van der Waals surface area contributed by atoms with Crippen LogP contribution in [0.4, 0.5) is 0 Å². The summed E-state index contributed by atoms with van der Waals surface area (Å²) >= 11 is 0. The molecular weight excluding hydrogens is 272 g/mol. The van der Waals surface area contributed by atoms with Gasteiger partial charge in [-0.05, 0) is 18.6 Å². The van der Waals surface area contributed by atoms with E-state index in [2.05, 4.69) is 12.1 Å². The van der Waals surface area contributed by atoms with Crippen molar-refractivity contribution in [3.8, 4) is 11.5 Å². The SMILES string of the molecule is CCCCN1C(=O)c2c(ccc(OC)c2OC)C1=NOC. The van der Waals surface area contributed by atoms with Crippen LogP contribution in [0, 0.1) is 0 Å². The van der Waals surface area contributed by atoms with Gasteiger partial charge in [-0.3, -0.25) is 9.69 Å². The van der Waals surface area contributed by atoms with Crippen molar-refractivity contribution < 1.29 is 19.1 Å². The van der Waals surface area contributed by atoms with Gasteiger partial charge in [-0.15, -0.1) is 0 Å². The molecule has 114 valence electrons. The zero-order valence-electron chi connectivity index (χ0n) is 12.8. The molecule has 1 aliphatic rings. The molecule has 0 unspecified atom stereocenters. The molecule has 0 N–H and O–H groups in total. The maximum Gasteiger partial charge on any atom is 0.264 e. The first-order chi connectivity index (χ1) is 10.2. The Morgan fingerprint density at radius 1 is 1.19 bits per heavy atom. The van der Waals surface area contributed by atoms with E-state index in [0.29, 0.717) is 35.0 Å². The number of benzene rings is 1. The Labute approximate surface area is 124 Å². The molecule has 0 fully saturated rings. The Morgan fingerprint density at radius 2 is 1.95 bits per heavy atom. The summed E-state index contributed by atoms with van der Waals surface area (Å²) in [4.78, 5) is 19.2. The molecule has 0 spiro atoms. The van der Waals surface area contributed by atoms with E-state index in [-0.39, 0.29) is 5.91 Å². The van der Waals surface area contributed by atoms with Gasteiger partial charge in [-0.1, -0.05) is 18.5 Å². The molecule has 0 aliphatic carbocycles. The number of fused-ring (bicyclic) bond motifs is 1. The highest BCUT2D eigenvalue weighted by Gasteiger charge is 2.38. The minimum atomic E-state index is -0.134. The molecule has 0 saturated heterocycles. The summed E-state index contributed by atoms with van der Waals surface area (Å²) in [5.41, 5.74) is 1.18. The van der Waals surface area contributed by atoms with Crippen LogP contribution >= 0.6 is 0 Å². The number of nitrogens with zero attached hydrogens (tertiary/aromatic N) is 2. The monoisotopic (exact) mass is 292 g/mol. The van der Waals surface area contributed by atoms with Gasteiger partial charge >= 0.3 is 0 Å². The molecule has 6 nitrogen and oxygen atoms in total. The van der Waals surface area contributed by atoms with Crippen molar-refractivity contribution in [2.24, 2.45) is 5.16 Å². The van der Waals surface area contributed by atoms with Crippen molar-refractivity contribution >= 4 is 11.7 Å². The zero-order chi connectivity index (χ0) is 15.4. The Bertz CT molecular complexity index is 569. The van der Waals surface area contributed by atoms with Crippen LogP contribution < -0.4 is 9.47 Å². The second-order valence-corrected chi connectivity index (χ2v) is 4.63. The third-order valence-electron chi connectivity index (χ3n) is 3.41. The number of oxime groups is 1. The van der Waals surface area contributed by atoms with Gasteiger partial charge in [0.2, 0.25) is 0 Å². The standard InChI is InChI=1S/C15H20N2O4/c1-5-6-9-17-14(16-21-4)10-7-8-11(19-2)13(20-3)12(10)15(17)18/h7-8H,5-6,9H2,1-4H3. The van der Waals surface area contributed by atoms with E-state index >= 15 is 0 Å². The first-order valence-electron chi connectivity index (χ1n) is 6.87. The highest BCUT2D eigenvalue weighted by atomic mass is 16.6. The second kappa shape index (κ2) is 6.47. The minimum Gasteiger partial charge on any atom is -0.493 e. The summed E-state index contributed by atoms with van der Waals surface area (Å²) < 4.78 is 10.6. The van der Waals surface area contributed by atoms with E-state index in [4.69, 9.17) is 14.3 Å². The molecule has 0 radical (unpaired) electrons. The van der Waals surface area contributed by atoms with Gasteiger partial charge in [0.15, 0.2) is 17.3 Å². The van der Waals surface area contributed by atoms with Crippen LogP contribution in [0.3, 0.4) is 0 Å². The third-order valence-corrected chi connectivity index (χ3v) is 3.41. The van der Waals surface area contributed by atoms with E-state index in [1.807, 2.05) is 0 Å². The average Bonchev–Trinajstić information content (AvgIpc) is 2.77. The van der Waals surface area contributed by atoms with E-state index < -0.39 is 0 Å². The molecule has 1 aromatic rings. The van der Waals surface area contributed by atoms with Crippen molar-refractivity contribution in [2.75, 3.05) is 27.9 Å². The summed E-state index contributed by atoms with van der Waals surface area (Å²) in [7, 11) is 4.53. The summed E-state index contributed by atoms with van der Waals surface area (Å²) in [6, 6.07) is 3.57. The van der Waals surface area contributed by atoms with Crippen LogP contribution in [0.5, 0.6) is 11.5 Å². The lowest BCUT2D eigenvalue weighted by atomic mass is 10.1. The molecule has 6 heteroatoms. The summed E-state index contributed by atoms with van der Waals surface area (Å²) in [6.45, 7) is 2.67. The van der Waals surface area contributed by atoms with Gasteiger partial charge in [0.05, 0.1) is 19.8 Å². The van der Waals surface area contributed by atoms with Crippen molar-refractivity contribution in [3.05, 3.63) is 23.3 Å². The quantitative estimate of drug-likeness (QED) is 0.755. The number of hydrogen-bond acceptors (Lipinski definition) is 5. The number of carbonyl (C=O) groups excluding carboxylic acids is 1. The predicted octanol–water partition coefficient (Wildman–Crippen LogP) is 2.27. The molecule has 1 amide bonds. The lowest BCUT2D eigenvalue weighted by Gasteiger charge is -2.15. The van der Waals surface area contributed by atoms with Crippen molar-refractivity contribution in [2.45, 2.75) is 19.8 Å². The maximum absolute atomic E-state index is 12.7. The Kier molecular flexibility index (Phi) is 4.67. The second-order valence-electron chi connectivity index (χ2n) is 4.63. The van der Waals surface area contributed by atoms with Gasteiger partial charge in [-0.2, -0.15) is 0 Å². The topological polar surface area (TPSA) is 60.4 Å². The van der Waals surface area contributed by atoms with Crippen LogP contribution in [0.1, 0.15) is 35.7 Å². The van der Waals surface area contributed by atoms with E-state index in [1.165, 1.54) is 14.2 Å². The van der Waals surface area contributed by atoms with Gasteiger partial charge < -0.3 is 14.3 Å². The molecule has 21 heavy (non-hydrogen) atoms. The van der Waals surface area contributed by atoms with Gasteiger partial charge in [-0.25, -0.2) is 0 Å². The first kappa shape index (κ1) is 15.2. The zero-order valence-corrected chi connectivity index (χ0v) is 12.8. The fraction of sp³-hybridized carbons (Fsp3) is 0.467. The molecule has 0 saturated carbocycles. The highest BCUT2D eigenvalue weighted by molar-refractivity contribution is 6.24. The Hall–Kier alpha value is -2.24. The number of hydrogen-bond donors (Lipinski definition) is 0. The van der Waals surface area contributed by atoms with E-state index in [9.17, 15) is 4.79 Å². The number of ether oxygens (including phenoxy) is 2. The molecular formula is C15H20N2O4. The van der Waals surface area contributed by atoms with Crippen LogP contribution in [-0.2, 0) is 4.84 Å². The fourth-order valence-electron chi connectivity index (χ4n) is 2.41. The van der Waals surface area contributed by atoms with Crippen LogP contribution in [-0.4, -0.2) is 44.5 Å². The lowest BCUT2D eigenvalue weighted by molar-refractivity contribution is 0.0849. The molecule has 0 atom stereocenters. The summed E-state index contributed by atoms with van der Waals surface area (Å²) in [5, 5.41) is 4.01. The van der Waals surface area contributed by atoms with Crippen LogP contribution in [0.15, 0.2) is 17.3 Å². The van der Waals surface area contributed by atoms with Gasteiger partial charge in [0.25, 0.3) is 5.91 Å². The van der Waals surface area contributed by atoms with Gasteiger partial charge in [0, 0.05) is 12.1 Å². The number of amidine groups is 1. The largest absolute Gasteiger partial charge is 0.493 e. The number of methoxy groups -OCH3 is 2. The molecule has 0 aromatic heterocycles. The molecule has 1 aromatic carbocycles. The molecule has 1 aliphatic heterocycles. The molecule has 0 bridgehead atoms. The average molecular weight is 292 g/mol.